The Morgan fingerprint density at radius 3 is 2.58 bits per heavy atom. The summed E-state index contributed by atoms with van der Waals surface area (Å²) in [5.74, 6) is 2.77. The topological polar surface area (TPSA) is 38.2 Å². The average Bonchev–Trinajstić information content (AvgIpc) is 3.07. The van der Waals surface area contributed by atoms with E-state index in [-0.39, 0.29) is 0 Å². The molecule has 1 aliphatic carbocycles. The molecule has 0 bridgehead atoms. The van der Waals surface area contributed by atoms with E-state index in [0.29, 0.717) is 0 Å². The minimum Gasteiger partial charge on any atom is -0.496 e. The first-order valence-corrected chi connectivity index (χ1v) is 8.35. The molecule has 0 saturated heterocycles. The number of ether oxygens (including phenoxy) is 1. The van der Waals surface area contributed by atoms with Crippen LogP contribution in [0.15, 0.2) is 36.4 Å². The Kier molecular flexibility index (Phi) is 3.60. The SMILES string of the molecule is COc1ccc(N(C)c2nc(C)nc3c2CCC3)c2ccccc12. The van der Waals surface area contributed by atoms with E-state index in [1.807, 2.05) is 19.1 Å². The van der Waals surface area contributed by atoms with Crippen molar-refractivity contribution in [2.45, 2.75) is 26.2 Å². The normalized spacial score (nSPS) is 13.1. The van der Waals surface area contributed by atoms with Crippen molar-refractivity contribution in [2.24, 2.45) is 0 Å². The highest BCUT2D eigenvalue weighted by molar-refractivity contribution is 5.99. The summed E-state index contributed by atoms with van der Waals surface area (Å²) in [4.78, 5) is 11.6. The largest absolute Gasteiger partial charge is 0.496 e. The second kappa shape index (κ2) is 5.78. The molecule has 4 nitrogen and oxygen atoms in total. The minimum absolute atomic E-state index is 0.843. The zero-order valence-corrected chi connectivity index (χ0v) is 14.3. The number of fused-ring (bicyclic) bond motifs is 2. The van der Waals surface area contributed by atoms with E-state index >= 15 is 0 Å². The van der Waals surface area contributed by atoms with Crippen LogP contribution in [0.4, 0.5) is 11.5 Å². The maximum atomic E-state index is 5.52. The maximum absolute atomic E-state index is 5.52. The molecule has 122 valence electrons. The molecule has 4 rings (SSSR count). The molecule has 0 saturated carbocycles. The summed E-state index contributed by atoms with van der Waals surface area (Å²) in [5, 5.41) is 2.29. The lowest BCUT2D eigenvalue weighted by atomic mass is 10.1. The number of aryl methyl sites for hydroxylation is 2. The highest BCUT2D eigenvalue weighted by Crippen LogP contribution is 2.38. The van der Waals surface area contributed by atoms with E-state index in [0.717, 1.165) is 47.7 Å². The van der Waals surface area contributed by atoms with E-state index in [9.17, 15) is 0 Å². The Hall–Kier alpha value is -2.62. The van der Waals surface area contributed by atoms with Gasteiger partial charge < -0.3 is 9.64 Å². The standard InChI is InChI=1S/C20H21N3O/c1-13-21-17-10-6-9-16(17)20(22-13)23(2)18-11-12-19(24-3)15-8-5-4-7-14(15)18/h4-5,7-8,11-12H,6,9-10H2,1-3H3. The van der Waals surface area contributed by atoms with E-state index < -0.39 is 0 Å². The molecule has 0 unspecified atom stereocenters. The first-order valence-electron chi connectivity index (χ1n) is 8.35. The van der Waals surface area contributed by atoms with Crippen molar-refractivity contribution >= 4 is 22.3 Å². The molecule has 0 spiro atoms. The van der Waals surface area contributed by atoms with Gasteiger partial charge in [-0.25, -0.2) is 9.97 Å². The highest BCUT2D eigenvalue weighted by Gasteiger charge is 2.22. The molecule has 2 aromatic carbocycles. The number of methoxy groups -OCH3 is 1. The second-order valence-electron chi connectivity index (χ2n) is 6.26. The molecule has 0 radical (unpaired) electrons. The smallest absolute Gasteiger partial charge is 0.139 e. The van der Waals surface area contributed by atoms with Gasteiger partial charge in [-0.2, -0.15) is 0 Å². The zero-order chi connectivity index (χ0) is 16.7. The van der Waals surface area contributed by atoms with Crippen LogP contribution in [0, 0.1) is 6.92 Å². The Morgan fingerprint density at radius 1 is 1.00 bits per heavy atom. The quantitative estimate of drug-likeness (QED) is 0.725. The van der Waals surface area contributed by atoms with Crippen molar-refractivity contribution in [2.75, 3.05) is 19.1 Å². The van der Waals surface area contributed by atoms with Crippen molar-refractivity contribution in [3.05, 3.63) is 53.5 Å². The summed E-state index contributed by atoms with van der Waals surface area (Å²) in [6, 6.07) is 12.5. The summed E-state index contributed by atoms with van der Waals surface area (Å²) in [6.45, 7) is 1.97. The third kappa shape index (κ3) is 2.30. The number of aromatic nitrogens is 2. The van der Waals surface area contributed by atoms with Crippen LogP contribution in [0.1, 0.15) is 23.5 Å². The van der Waals surface area contributed by atoms with Gasteiger partial charge in [0.2, 0.25) is 0 Å². The summed E-state index contributed by atoms with van der Waals surface area (Å²) in [7, 11) is 3.81. The fourth-order valence-corrected chi connectivity index (χ4v) is 3.65. The van der Waals surface area contributed by atoms with Gasteiger partial charge in [0, 0.05) is 29.1 Å². The summed E-state index contributed by atoms with van der Waals surface area (Å²) in [6.07, 6.45) is 3.28. The molecule has 3 aromatic rings. The molecule has 0 aliphatic heterocycles. The zero-order valence-electron chi connectivity index (χ0n) is 14.3. The number of anilines is 2. The fraction of sp³-hybridized carbons (Fsp3) is 0.300. The third-order valence-electron chi connectivity index (χ3n) is 4.78. The molecule has 0 amide bonds. The maximum Gasteiger partial charge on any atom is 0.139 e. The van der Waals surface area contributed by atoms with Gasteiger partial charge in [0.1, 0.15) is 17.4 Å². The van der Waals surface area contributed by atoms with Crippen molar-refractivity contribution in [1.29, 1.82) is 0 Å². The van der Waals surface area contributed by atoms with Gasteiger partial charge in [0.05, 0.1) is 12.8 Å². The molecule has 0 N–H and O–H groups in total. The van der Waals surface area contributed by atoms with Gasteiger partial charge in [-0.05, 0) is 38.3 Å². The van der Waals surface area contributed by atoms with Crippen LogP contribution in [0.2, 0.25) is 0 Å². The second-order valence-corrected chi connectivity index (χ2v) is 6.26. The van der Waals surface area contributed by atoms with Crippen molar-refractivity contribution < 1.29 is 4.74 Å². The van der Waals surface area contributed by atoms with Gasteiger partial charge in [0.25, 0.3) is 0 Å². The van der Waals surface area contributed by atoms with Crippen LogP contribution in [0.3, 0.4) is 0 Å². The lowest BCUT2D eigenvalue weighted by molar-refractivity contribution is 0.420. The Morgan fingerprint density at radius 2 is 1.79 bits per heavy atom. The Balaban J connectivity index is 1.90. The Labute approximate surface area is 142 Å². The van der Waals surface area contributed by atoms with Crippen LogP contribution in [0.5, 0.6) is 5.75 Å². The van der Waals surface area contributed by atoms with E-state index in [4.69, 9.17) is 9.72 Å². The number of rotatable bonds is 3. The molecular formula is C20H21N3O. The van der Waals surface area contributed by atoms with Crippen LogP contribution >= 0.6 is 0 Å². The molecule has 1 aromatic heterocycles. The summed E-state index contributed by atoms with van der Waals surface area (Å²) in [5.41, 5.74) is 3.64. The first kappa shape index (κ1) is 14.9. The van der Waals surface area contributed by atoms with E-state index in [1.165, 1.54) is 16.6 Å². The van der Waals surface area contributed by atoms with Crippen LogP contribution in [-0.4, -0.2) is 24.1 Å². The molecule has 1 aliphatic rings. The van der Waals surface area contributed by atoms with E-state index in [1.54, 1.807) is 7.11 Å². The monoisotopic (exact) mass is 319 g/mol. The fourth-order valence-electron chi connectivity index (χ4n) is 3.65. The molecular weight excluding hydrogens is 298 g/mol. The minimum atomic E-state index is 0.843. The lowest BCUT2D eigenvalue weighted by Crippen LogP contribution is -2.15. The lowest BCUT2D eigenvalue weighted by Gasteiger charge is -2.23. The number of benzene rings is 2. The predicted molar refractivity (Wildman–Crippen MR) is 97.4 cm³/mol. The number of hydrogen-bond acceptors (Lipinski definition) is 4. The van der Waals surface area contributed by atoms with Crippen LogP contribution in [-0.2, 0) is 12.8 Å². The van der Waals surface area contributed by atoms with Crippen molar-refractivity contribution in [1.82, 2.24) is 9.97 Å². The molecule has 1 heterocycles. The van der Waals surface area contributed by atoms with Crippen molar-refractivity contribution in [3.63, 3.8) is 0 Å². The molecule has 0 fully saturated rings. The average molecular weight is 319 g/mol. The van der Waals surface area contributed by atoms with Crippen molar-refractivity contribution in [3.8, 4) is 5.75 Å². The first-order chi connectivity index (χ1) is 11.7. The Bertz CT molecular complexity index is 920. The van der Waals surface area contributed by atoms with Crippen LogP contribution < -0.4 is 9.64 Å². The third-order valence-corrected chi connectivity index (χ3v) is 4.78. The number of hydrogen-bond donors (Lipinski definition) is 0. The molecule has 24 heavy (non-hydrogen) atoms. The summed E-state index contributed by atoms with van der Waals surface area (Å²) >= 11 is 0. The number of nitrogens with zero attached hydrogens (tertiary/aromatic N) is 3. The van der Waals surface area contributed by atoms with E-state index in [2.05, 4.69) is 41.2 Å². The highest BCUT2D eigenvalue weighted by atomic mass is 16.5. The van der Waals surface area contributed by atoms with Gasteiger partial charge >= 0.3 is 0 Å². The van der Waals surface area contributed by atoms with Crippen LogP contribution in [0.25, 0.3) is 10.8 Å². The molecule has 4 heteroatoms. The van der Waals surface area contributed by atoms with Gasteiger partial charge in [-0.1, -0.05) is 24.3 Å². The predicted octanol–water partition coefficient (Wildman–Crippen LogP) is 4.20. The molecule has 0 atom stereocenters. The summed E-state index contributed by atoms with van der Waals surface area (Å²) < 4.78 is 5.52. The van der Waals surface area contributed by atoms with Gasteiger partial charge in [0.15, 0.2) is 0 Å². The van der Waals surface area contributed by atoms with Gasteiger partial charge in [-0.15, -0.1) is 0 Å². The van der Waals surface area contributed by atoms with Gasteiger partial charge in [-0.3, -0.25) is 0 Å².